The topological polar surface area (TPSA) is 41.0 Å². The molecule has 0 radical (unpaired) electrons. The van der Waals surface area contributed by atoms with Crippen LogP contribution in [0.4, 0.5) is 17.6 Å². The molecule has 5 aromatic rings. The number of para-hydroxylation sites is 2. The molecule has 3 nitrogen and oxygen atoms in total. The number of H-pyrrole nitrogens is 1. The molecule has 1 atom stereocenters. The maximum absolute atomic E-state index is 14.5. The van der Waals surface area contributed by atoms with Crippen LogP contribution in [0.15, 0.2) is 78.9 Å². The molecule has 192 valence electrons. The number of nitrogens with zero attached hydrogens (tertiary/aromatic N) is 1. The van der Waals surface area contributed by atoms with Gasteiger partial charge in [-0.25, -0.2) is 4.39 Å². The van der Waals surface area contributed by atoms with Crippen LogP contribution in [0.2, 0.25) is 0 Å². The van der Waals surface area contributed by atoms with Gasteiger partial charge in [-0.2, -0.15) is 13.2 Å². The average Bonchev–Trinajstić information content (AvgIpc) is 3.39. The zero-order valence-electron chi connectivity index (χ0n) is 20.3. The van der Waals surface area contributed by atoms with Crippen LogP contribution < -0.4 is 0 Å². The van der Waals surface area contributed by atoms with Crippen molar-refractivity contribution in [1.82, 2.24) is 8.96 Å². The molecule has 0 aliphatic heterocycles. The van der Waals surface area contributed by atoms with Crippen molar-refractivity contribution in [1.29, 1.82) is 0 Å². The van der Waals surface area contributed by atoms with Crippen molar-refractivity contribution >= 4 is 34.6 Å². The third-order valence-electron chi connectivity index (χ3n) is 7.03. The van der Waals surface area contributed by atoms with Crippen LogP contribution in [-0.4, -0.2) is 25.8 Å². The van der Waals surface area contributed by atoms with Gasteiger partial charge < -0.3 is 10.1 Å². The fourth-order valence-electron chi connectivity index (χ4n) is 5.24. The predicted octanol–water partition coefficient (Wildman–Crippen LogP) is 7.83. The summed E-state index contributed by atoms with van der Waals surface area (Å²) in [5.41, 5.74) is -0.995. The first kappa shape index (κ1) is 25.4. The summed E-state index contributed by atoms with van der Waals surface area (Å²) < 4.78 is 59.3. The standard InChI is InChI=1S/C29H26F4N2OS/c1-27(2,23-15-20(30)11-12-22(23)25-14-18-7-3-5-9-24(18)34-25)17-28(36,29(31,32)33)16-21-13-19-8-4-6-10-26(19)35(21)37/h3-15,34,36-37H,16-17H2,1-2H3. The summed E-state index contributed by atoms with van der Waals surface area (Å²) in [5.74, 6) is -0.561. The summed E-state index contributed by atoms with van der Waals surface area (Å²) in [6, 6.07) is 22.3. The highest BCUT2D eigenvalue weighted by molar-refractivity contribution is 7.78. The largest absolute Gasteiger partial charge is 0.417 e. The lowest BCUT2D eigenvalue weighted by Crippen LogP contribution is -2.51. The number of nitrogens with one attached hydrogen (secondary N) is 1. The first-order valence-corrected chi connectivity index (χ1v) is 12.2. The van der Waals surface area contributed by atoms with Gasteiger partial charge in [-0.1, -0.05) is 63.1 Å². The lowest BCUT2D eigenvalue weighted by molar-refractivity contribution is -0.266. The summed E-state index contributed by atoms with van der Waals surface area (Å²) in [6.45, 7) is 3.20. The number of fused-ring (bicyclic) bond motifs is 2. The molecule has 0 saturated heterocycles. The molecular weight excluding hydrogens is 500 g/mol. The maximum atomic E-state index is 14.5. The molecule has 0 amide bonds. The van der Waals surface area contributed by atoms with E-state index < -0.39 is 35.9 Å². The van der Waals surface area contributed by atoms with Gasteiger partial charge in [0.15, 0.2) is 5.60 Å². The number of aromatic nitrogens is 2. The normalized spacial score (nSPS) is 14.4. The highest BCUT2D eigenvalue weighted by Crippen LogP contribution is 2.46. The Balaban J connectivity index is 1.57. The van der Waals surface area contributed by atoms with Crippen LogP contribution in [0, 0.1) is 5.82 Å². The molecule has 0 aliphatic carbocycles. The Morgan fingerprint density at radius 3 is 2.24 bits per heavy atom. The summed E-state index contributed by atoms with van der Waals surface area (Å²) in [6.07, 6.45) is -6.33. The molecule has 5 rings (SSSR count). The number of aromatic amines is 1. The number of thiol groups is 1. The number of benzene rings is 3. The zero-order valence-corrected chi connectivity index (χ0v) is 21.2. The van der Waals surface area contributed by atoms with Gasteiger partial charge in [-0.15, -0.1) is 0 Å². The molecule has 8 heteroatoms. The molecule has 0 spiro atoms. The molecule has 3 aromatic carbocycles. The highest BCUT2D eigenvalue weighted by Gasteiger charge is 2.56. The molecule has 0 aliphatic rings. The van der Waals surface area contributed by atoms with Crippen molar-refractivity contribution in [2.24, 2.45) is 0 Å². The number of halogens is 4. The second kappa shape index (κ2) is 8.96. The number of hydrogen-bond acceptors (Lipinski definition) is 2. The van der Waals surface area contributed by atoms with E-state index in [9.17, 15) is 22.7 Å². The molecule has 1 unspecified atom stereocenters. The van der Waals surface area contributed by atoms with Gasteiger partial charge in [-0.3, -0.25) is 3.97 Å². The van der Waals surface area contributed by atoms with E-state index in [-0.39, 0.29) is 5.69 Å². The van der Waals surface area contributed by atoms with Crippen molar-refractivity contribution in [2.45, 2.75) is 43.9 Å². The van der Waals surface area contributed by atoms with Crippen molar-refractivity contribution in [3.63, 3.8) is 0 Å². The van der Waals surface area contributed by atoms with E-state index in [1.54, 1.807) is 50.2 Å². The van der Waals surface area contributed by atoms with Gasteiger partial charge in [0.2, 0.25) is 0 Å². The van der Waals surface area contributed by atoms with E-state index in [4.69, 9.17) is 0 Å². The molecular formula is C29H26F4N2OS. The number of aliphatic hydroxyl groups is 1. The monoisotopic (exact) mass is 526 g/mol. The smallest absolute Gasteiger partial charge is 0.380 e. The lowest BCUT2D eigenvalue weighted by atomic mass is 9.71. The second-order valence-corrected chi connectivity index (χ2v) is 10.6. The van der Waals surface area contributed by atoms with Gasteiger partial charge in [0.1, 0.15) is 5.82 Å². The molecule has 2 aromatic heterocycles. The van der Waals surface area contributed by atoms with Gasteiger partial charge in [0.05, 0.1) is 5.52 Å². The Kier molecular flexibility index (Phi) is 6.15. The molecule has 2 N–H and O–H groups in total. The fraction of sp³-hybridized carbons (Fsp3) is 0.241. The lowest BCUT2D eigenvalue weighted by Gasteiger charge is -2.38. The fourth-order valence-corrected chi connectivity index (χ4v) is 5.55. The van der Waals surface area contributed by atoms with Gasteiger partial charge >= 0.3 is 6.18 Å². The van der Waals surface area contributed by atoms with E-state index in [0.29, 0.717) is 22.3 Å². The molecule has 0 fully saturated rings. The van der Waals surface area contributed by atoms with Crippen LogP contribution in [0.5, 0.6) is 0 Å². The van der Waals surface area contributed by atoms with E-state index in [1.807, 2.05) is 30.3 Å². The van der Waals surface area contributed by atoms with E-state index >= 15 is 0 Å². The summed E-state index contributed by atoms with van der Waals surface area (Å²) in [5, 5.41) is 12.9. The van der Waals surface area contributed by atoms with E-state index in [1.165, 1.54) is 16.1 Å². The highest BCUT2D eigenvalue weighted by atomic mass is 32.1. The van der Waals surface area contributed by atoms with Gasteiger partial charge in [0, 0.05) is 39.7 Å². The first-order valence-electron chi connectivity index (χ1n) is 11.8. The molecule has 37 heavy (non-hydrogen) atoms. The summed E-state index contributed by atoms with van der Waals surface area (Å²) in [7, 11) is 0. The minimum absolute atomic E-state index is 0.232. The quantitative estimate of drug-likeness (QED) is 0.153. The predicted molar refractivity (Wildman–Crippen MR) is 142 cm³/mol. The summed E-state index contributed by atoms with van der Waals surface area (Å²) >= 11 is 4.39. The third kappa shape index (κ3) is 4.64. The Bertz CT molecular complexity index is 1570. The minimum atomic E-state index is -4.94. The number of hydrogen-bond donors (Lipinski definition) is 3. The molecule has 0 bridgehead atoms. The van der Waals surface area contributed by atoms with Gasteiger partial charge in [0.25, 0.3) is 0 Å². The number of rotatable bonds is 6. The van der Waals surface area contributed by atoms with Crippen LogP contribution in [-0.2, 0) is 11.8 Å². The minimum Gasteiger partial charge on any atom is -0.380 e. The van der Waals surface area contributed by atoms with Crippen LogP contribution in [0.3, 0.4) is 0 Å². The zero-order chi connectivity index (χ0) is 26.6. The second-order valence-electron chi connectivity index (χ2n) is 10.2. The van der Waals surface area contributed by atoms with E-state index in [0.717, 1.165) is 16.3 Å². The number of alkyl halides is 3. The molecule has 0 saturated carbocycles. The Labute approximate surface area is 217 Å². The third-order valence-corrected chi connectivity index (χ3v) is 7.50. The van der Waals surface area contributed by atoms with Crippen LogP contribution in [0.1, 0.15) is 31.5 Å². The summed E-state index contributed by atoms with van der Waals surface area (Å²) in [4.78, 5) is 3.28. The van der Waals surface area contributed by atoms with E-state index in [2.05, 4.69) is 17.8 Å². The van der Waals surface area contributed by atoms with Gasteiger partial charge in [-0.05, 0) is 59.9 Å². The van der Waals surface area contributed by atoms with Crippen molar-refractivity contribution in [3.05, 3.63) is 95.9 Å². The SMILES string of the molecule is CC(C)(CC(O)(Cc1cc2ccccc2n1S)C(F)(F)F)c1cc(F)ccc1-c1cc2ccccc2[nH]1. The Morgan fingerprint density at radius 2 is 1.57 bits per heavy atom. The molecule has 2 heterocycles. The average molecular weight is 527 g/mol. The Hall–Kier alpha value is -3.23. The van der Waals surface area contributed by atoms with Crippen LogP contribution >= 0.6 is 12.8 Å². The van der Waals surface area contributed by atoms with Crippen LogP contribution in [0.25, 0.3) is 33.1 Å². The first-order chi connectivity index (χ1) is 17.4. The van der Waals surface area contributed by atoms with Crippen molar-refractivity contribution in [3.8, 4) is 11.3 Å². The maximum Gasteiger partial charge on any atom is 0.417 e. The Morgan fingerprint density at radius 1 is 0.892 bits per heavy atom. The van der Waals surface area contributed by atoms with Crippen molar-refractivity contribution < 1.29 is 22.7 Å². The van der Waals surface area contributed by atoms with Crippen molar-refractivity contribution in [2.75, 3.05) is 0 Å².